The van der Waals surface area contributed by atoms with Crippen LogP contribution in [0.3, 0.4) is 0 Å². The predicted molar refractivity (Wildman–Crippen MR) is 76.0 cm³/mol. The van der Waals surface area contributed by atoms with Gasteiger partial charge in [0.15, 0.2) is 0 Å². The molecule has 0 aromatic carbocycles. The molecule has 0 aliphatic heterocycles. The third-order valence-electron chi connectivity index (χ3n) is 2.53. The van der Waals surface area contributed by atoms with Crippen LogP contribution in [0.4, 0.5) is 18.9 Å². The molecular formula is C14H11ClF3N3. The summed E-state index contributed by atoms with van der Waals surface area (Å²) >= 11 is 5.66. The lowest BCUT2D eigenvalue weighted by atomic mass is 10.2. The Hall–Kier alpha value is -2.08. The van der Waals surface area contributed by atoms with Gasteiger partial charge >= 0.3 is 6.18 Å². The molecular weight excluding hydrogens is 303 g/mol. The number of alkyl halides is 3. The van der Waals surface area contributed by atoms with Crippen LogP contribution in [0.5, 0.6) is 0 Å². The van der Waals surface area contributed by atoms with Crippen LogP contribution >= 0.6 is 11.6 Å². The molecule has 2 rings (SSSR count). The lowest BCUT2D eigenvalue weighted by molar-refractivity contribution is -0.141. The molecule has 2 aromatic heterocycles. The molecule has 2 aromatic rings. The van der Waals surface area contributed by atoms with Crippen molar-refractivity contribution in [1.29, 1.82) is 0 Å². The van der Waals surface area contributed by atoms with E-state index >= 15 is 0 Å². The van der Waals surface area contributed by atoms with Crippen LogP contribution in [0.2, 0.25) is 5.15 Å². The first-order valence-electron chi connectivity index (χ1n) is 6.00. The number of nitrogens with one attached hydrogen (secondary N) is 1. The normalized spacial score (nSPS) is 11.8. The van der Waals surface area contributed by atoms with Crippen molar-refractivity contribution < 1.29 is 13.2 Å². The summed E-state index contributed by atoms with van der Waals surface area (Å²) in [6, 6.07) is 5.90. The zero-order valence-corrected chi connectivity index (χ0v) is 11.5. The fourth-order valence-electron chi connectivity index (χ4n) is 1.55. The van der Waals surface area contributed by atoms with E-state index < -0.39 is 11.9 Å². The molecule has 0 fully saturated rings. The number of hydrogen-bond donors (Lipinski definition) is 1. The van der Waals surface area contributed by atoms with Crippen molar-refractivity contribution in [2.45, 2.75) is 6.18 Å². The van der Waals surface area contributed by atoms with Crippen molar-refractivity contribution in [2.75, 3.05) is 11.9 Å². The number of halogens is 4. The summed E-state index contributed by atoms with van der Waals surface area (Å²) in [5.74, 6) is 0. The summed E-state index contributed by atoms with van der Waals surface area (Å²) in [5.41, 5.74) is 0.293. The maximum atomic E-state index is 12.5. The van der Waals surface area contributed by atoms with Crippen LogP contribution in [0.15, 0.2) is 42.7 Å². The van der Waals surface area contributed by atoms with E-state index in [2.05, 4.69) is 15.3 Å². The van der Waals surface area contributed by atoms with E-state index in [0.29, 0.717) is 17.4 Å². The second-order valence-corrected chi connectivity index (χ2v) is 4.51. The van der Waals surface area contributed by atoms with Gasteiger partial charge in [-0.05, 0) is 23.8 Å². The Bertz CT molecular complexity index is 624. The fourth-order valence-corrected chi connectivity index (χ4v) is 1.66. The molecule has 110 valence electrons. The average molecular weight is 314 g/mol. The zero-order valence-electron chi connectivity index (χ0n) is 10.7. The van der Waals surface area contributed by atoms with Crippen molar-refractivity contribution in [3.63, 3.8) is 0 Å². The van der Waals surface area contributed by atoms with Crippen LogP contribution in [0, 0.1) is 0 Å². The van der Waals surface area contributed by atoms with Crippen LogP contribution in [0.1, 0.15) is 11.3 Å². The van der Waals surface area contributed by atoms with E-state index in [-0.39, 0.29) is 0 Å². The van der Waals surface area contributed by atoms with Crippen LogP contribution in [-0.2, 0) is 6.18 Å². The number of nitrogens with zero attached hydrogens (tertiary/aromatic N) is 2. The highest BCUT2D eigenvalue weighted by Gasteiger charge is 2.32. The van der Waals surface area contributed by atoms with Gasteiger partial charge in [0.1, 0.15) is 10.8 Å². The summed E-state index contributed by atoms with van der Waals surface area (Å²) in [5, 5.41) is 3.27. The first-order valence-corrected chi connectivity index (χ1v) is 6.38. The van der Waals surface area contributed by atoms with Crippen LogP contribution < -0.4 is 5.32 Å². The lowest BCUT2D eigenvalue weighted by Gasteiger charge is -2.08. The Morgan fingerprint density at radius 3 is 2.67 bits per heavy atom. The topological polar surface area (TPSA) is 37.8 Å². The summed E-state index contributed by atoms with van der Waals surface area (Å²) < 4.78 is 37.5. The SMILES string of the molecule is FC(F)(F)c1cc(NC/C=C\c2ccc(Cl)nc2)ccn1. The Morgan fingerprint density at radius 1 is 1.19 bits per heavy atom. The molecule has 0 aliphatic rings. The zero-order chi connectivity index (χ0) is 15.3. The third-order valence-corrected chi connectivity index (χ3v) is 2.76. The Balaban J connectivity index is 1.93. The molecule has 0 atom stereocenters. The molecule has 0 saturated carbocycles. The second-order valence-electron chi connectivity index (χ2n) is 4.13. The van der Waals surface area contributed by atoms with Crippen molar-refractivity contribution >= 4 is 23.4 Å². The minimum absolute atomic E-state index is 0.358. The van der Waals surface area contributed by atoms with E-state index in [1.165, 1.54) is 6.07 Å². The van der Waals surface area contributed by atoms with Crippen molar-refractivity contribution in [1.82, 2.24) is 9.97 Å². The summed E-state index contributed by atoms with van der Waals surface area (Å²) in [7, 11) is 0. The molecule has 0 amide bonds. The van der Waals surface area contributed by atoms with Crippen molar-refractivity contribution in [2.24, 2.45) is 0 Å². The predicted octanol–water partition coefficient (Wildman–Crippen LogP) is 4.27. The van der Waals surface area contributed by atoms with Gasteiger partial charge in [-0.3, -0.25) is 4.98 Å². The Kier molecular flexibility index (Phi) is 4.80. The highest BCUT2D eigenvalue weighted by molar-refractivity contribution is 6.29. The van der Waals surface area contributed by atoms with E-state index in [1.807, 2.05) is 0 Å². The Labute approximate surface area is 124 Å². The quantitative estimate of drug-likeness (QED) is 0.856. The first-order chi connectivity index (χ1) is 9.95. The third kappa shape index (κ3) is 4.75. The van der Waals surface area contributed by atoms with E-state index in [4.69, 9.17) is 11.6 Å². The van der Waals surface area contributed by atoms with Crippen LogP contribution in [-0.4, -0.2) is 16.5 Å². The molecule has 21 heavy (non-hydrogen) atoms. The number of pyridine rings is 2. The molecule has 3 nitrogen and oxygen atoms in total. The molecule has 0 spiro atoms. The molecule has 0 radical (unpaired) electrons. The van der Waals surface area contributed by atoms with Gasteiger partial charge in [-0.15, -0.1) is 0 Å². The maximum absolute atomic E-state index is 12.5. The van der Waals surface area contributed by atoms with E-state index in [0.717, 1.165) is 17.8 Å². The number of rotatable bonds is 4. The van der Waals surface area contributed by atoms with Gasteiger partial charge in [-0.2, -0.15) is 13.2 Å². The largest absolute Gasteiger partial charge is 0.433 e. The highest BCUT2D eigenvalue weighted by Crippen LogP contribution is 2.28. The molecule has 0 unspecified atom stereocenters. The molecule has 1 N–H and O–H groups in total. The van der Waals surface area contributed by atoms with Crippen molar-refractivity contribution in [3.05, 3.63) is 59.1 Å². The summed E-state index contributed by atoms with van der Waals surface area (Å²) in [6.45, 7) is 0.379. The standard InChI is InChI=1S/C14H11ClF3N3/c15-13-4-3-10(9-21-13)2-1-6-19-11-5-7-20-12(8-11)14(16,17)18/h1-5,7-9H,6H2,(H,19,20)/b2-1-. The van der Waals surface area contributed by atoms with Gasteiger partial charge < -0.3 is 5.32 Å². The number of aromatic nitrogens is 2. The van der Waals surface area contributed by atoms with Gasteiger partial charge in [0.2, 0.25) is 0 Å². The number of anilines is 1. The second kappa shape index (κ2) is 6.58. The Morgan fingerprint density at radius 2 is 2.00 bits per heavy atom. The minimum Gasteiger partial charge on any atom is -0.381 e. The molecule has 0 saturated heterocycles. The average Bonchev–Trinajstić information content (AvgIpc) is 2.45. The van der Waals surface area contributed by atoms with Crippen molar-refractivity contribution in [3.8, 4) is 0 Å². The van der Waals surface area contributed by atoms with E-state index in [1.54, 1.807) is 30.5 Å². The van der Waals surface area contributed by atoms with Gasteiger partial charge in [-0.25, -0.2) is 4.98 Å². The lowest BCUT2D eigenvalue weighted by Crippen LogP contribution is -2.08. The summed E-state index contributed by atoms with van der Waals surface area (Å²) in [4.78, 5) is 7.21. The van der Waals surface area contributed by atoms with Crippen LogP contribution in [0.25, 0.3) is 6.08 Å². The maximum Gasteiger partial charge on any atom is 0.433 e. The van der Waals surface area contributed by atoms with Gasteiger partial charge in [0, 0.05) is 24.6 Å². The first kappa shape index (κ1) is 15.3. The molecule has 0 bridgehead atoms. The molecule has 2 heterocycles. The summed E-state index contributed by atoms with van der Waals surface area (Å²) in [6.07, 6.45) is 1.86. The number of hydrogen-bond acceptors (Lipinski definition) is 3. The van der Waals surface area contributed by atoms with Gasteiger partial charge in [0.05, 0.1) is 0 Å². The van der Waals surface area contributed by atoms with Gasteiger partial charge in [0.25, 0.3) is 0 Å². The van der Waals surface area contributed by atoms with Gasteiger partial charge in [-0.1, -0.05) is 29.8 Å². The smallest absolute Gasteiger partial charge is 0.381 e. The molecule has 0 aliphatic carbocycles. The minimum atomic E-state index is -4.44. The van der Waals surface area contributed by atoms with E-state index in [9.17, 15) is 13.2 Å². The molecule has 7 heteroatoms. The fraction of sp³-hybridized carbons (Fsp3) is 0.143. The highest BCUT2D eigenvalue weighted by atomic mass is 35.5. The monoisotopic (exact) mass is 313 g/mol.